The van der Waals surface area contributed by atoms with Crippen LogP contribution in [0.5, 0.6) is 0 Å². The lowest BCUT2D eigenvalue weighted by Gasteiger charge is -2.23. The molecule has 5 nitrogen and oxygen atoms in total. The molecule has 0 aliphatic rings. The summed E-state index contributed by atoms with van der Waals surface area (Å²) in [6.07, 6.45) is 0.962. The second-order valence-corrected chi connectivity index (χ2v) is 3.70. The minimum Gasteiger partial charge on any atom is -0.335 e. The normalized spacial score (nSPS) is 11.4. The van der Waals surface area contributed by atoms with E-state index in [2.05, 4.69) is 5.32 Å². The van der Waals surface area contributed by atoms with E-state index in [0.717, 1.165) is 6.42 Å². The van der Waals surface area contributed by atoms with Crippen LogP contribution in [0, 0.1) is 17.2 Å². The molecule has 2 amide bonds. The van der Waals surface area contributed by atoms with Gasteiger partial charge in [-0.05, 0) is 12.8 Å². The first-order valence-corrected chi connectivity index (χ1v) is 5.50. The zero-order chi connectivity index (χ0) is 12.6. The van der Waals surface area contributed by atoms with Crippen LogP contribution in [0.2, 0.25) is 0 Å². The fourth-order valence-electron chi connectivity index (χ4n) is 1.20. The second-order valence-electron chi connectivity index (χ2n) is 3.70. The second kappa shape index (κ2) is 7.69. The fraction of sp³-hybridized carbons (Fsp3) is 0.727. The van der Waals surface area contributed by atoms with Crippen LogP contribution in [0.25, 0.3) is 0 Å². The number of nitriles is 1. The van der Waals surface area contributed by atoms with E-state index in [4.69, 9.17) is 5.26 Å². The molecule has 1 N–H and O–H groups in total. The van der Waals surface area contributed by atoms with Gasteiger partial charge >= 0.3 is 11.8 Å². The zero-order valence-corrected chi connectivity index (χ0v) is 10.1. The van der Waals surface area contributed by atoms with Gasteiger partial charge in [-0.15, -0.1) is 0 Å². The summed E-state index contributed by atoms with van der Waals surface area (Å²) in [5.41, 5.74) is 0. The van der Waals surface area contributed by atoms with Crippen LogP contribution < -0.4 is 5.32 Å². The third-order valence-corrected chi connectivity index (χ3v) is 2.42. The molecular weight excluding hydrogens is 206 g/mol. The SMILES string of the molecule is CCC(C)CN(CC)C(=O)C(=O)NCC#N. The van der Waals surface area contributed by atoms with E-state index in [1.54, 1.807) is 6.07 Å². The van der Waals surface area contributed by atoms with Gasteiger partial charge in [-0.3, -0.25) is 9.59 Å². The third kappa shape index (κ3) is 4.78. The van der Waals surface area contributed by atoms with Crippen molar-refractivity contribution in [3.63, 3.8) is 0 Å². The predicted octanol–water partition coefficient (Wildman–Crippen LogP) is 0.521. The van der Waals surface area contributed by atoms with Crippen LogP contribution >= 0.6 is 0 Å². The first-order chi connectivity index (χ1) is 7.56. The van der Waals surface area contributed by atoms with Gasteiger partial charge in [0.1, 0.15) is 6.54 Å². The Morgan fingerprint density at radius 3 is 2.50 bits per heavy atom. The van der Waals surface area contributed by atoms with Gasteiger partial charge in [-0.1, -0.05) is 20.3 Å². The quantitative estimate of drug-likeness (QED) is 0.547. The number of carbonyl (C=O) groups is 2. The predicted molar refractivity (Wildman–Crippen MR) is 60.3 cm³/mol. The fourth-order valence-corrected chi connectivity index (χ4v) is 1.20. The minimum absolute atomic E-state index is 0.133. The average Bonchev–Trinajstić information content (AvgIpc) is 2.31. The monoisotopic (exact) mass is 225 g/mol. The first kappa shape index (κ1) is 14.4. The van der Waals surface area contributed by atoms with Crippen LogP contribution in [-0.4, -0.2) is 36.3 Å². The summed E-state index contributed by atoms with van der Waals surface area (Å²) in [5.74, 6) is -0.891. The topological polar surface area (TPSA) is 73.2 Å². The summed E-state index contributed by atoms with van der Waals surface area (Å²) < 4.78 is 0. The van der Waals surface area contributed by atoms with E-state index in [0.29, 0.717) is 19.0 Å². The van der Waals surface area contributed by atoms with Gasteiger partial charge < -0.3 is 10.2 Å². The van der Waals surface area contributed by atoms with E-state index in [1.807, 2.05) is 20.8 Å². The molecule has 0 aromatic heterocycles. The molecule has 0 heterocycles. The molecule has 16 heavy (non-hydrogen) atoms. The zero-order valence-electron chi connectivity index (χ0n) is 10.1. The van der Waals surface area contributed by atoms with Crippen LogP contribution in [0.15, 0.2) is 0 Å². The summed E-state index contributed by atoms with van der Waals surface area (Å²) >= 11 is 0. The Hall–Kier alpha value is -1.57. The summed E-state index contributed by atoms with van der Waals surface area (Å²) in [4.78, 5) is 24.5. The highest BCUT2D eigenvalue weighted by Crippen LogP contribution is 2.04. The molecule has 0 spiro atoms. The lowest BCUT2D eigenvalue weighted by Crippen LogP contribution is -2.44. The van der Waals surface area contributed by atoms with Crippen molar-refractivity contribution in [3.8, 4) is 6.07 Å². The highest BCUT2D eigenvalue weighted by Gasteiger charge is 2.21. The van der Waals surface area contributed by atoms with E-state index >= 15 is 0 Å². The number of nitrogens with one attached hydrogen (secondary N) is 1. The number of nitrogens with zero attached hydrogens (tertiary/aromatic N) is 2. The maximum absolute atomic E-state index is 11.6. The van der Waals surface area contributed by atoms with Gasteiger partial charge in [0.05, 0.1) is 6.07 Å². The lowest BCUT2D eigenvalue weighted by molar-refractivity contribution is -0.146. The van der Waals surface area contributed by atoms with Crippen LogP contribution in [0.3, 0.4) is 0 Å². The van der Waals surface area contributed by atoms with Crippen molar-refractivity contribution in [3.05, 3.63) is 0 Å². The number of hydrogen-bond donors (Lipinski definition) is 1. The first-order valence-electron chi connectivity index (χ1n) is 5.50. The highest BCUT2D eigenvalue weighted by molar-refractivity contribution is 6.35. The molecule has 90 valence electrons. The number of likely N-dealkylation sites (N-methyl/N-ethyl adjacent to an activating group) is 1. The smallest absolute Gasteiger partial charge is 0.311 e. The Balaban J connectivity index is 4.30. The molecule has 5 heteroatoms. The van der Waals surface area contributed by atoms with Crippen LogP contribution in [0.4, 0.5) is 0 Å². The van der Waals surface area contributed by atoms with E-state index in [1.165, 1.54) is 4.90 Å². The molecule has 0 aliphatic carbocycles. The maximum Gasteiger partial charge on any atom is 0.311 e. The van der Waals surface area contributed by atoms with Gasteiger partial charge in [-0.25, -0.2) is 0 Å². The van der Waals surface area contributed by atoms with E-state index in [9.17, 15) is 9.59 Å². The molecule has 0 saturated heterocycles. The molecule has 0 rings (SSSR count). The summed E-state index contributed by atoms with van der Waals surface area (Å²) in [5, 5.41) is 10.5. The van der Waals surface area contributed by atoms with Gasteiger partial charge in [0.15, 0.2) is 0 Å². The van der Waals surface area contributed by atoms with Crippen molar-refractivity contribution >= 4 is 11.8 Å². The Morgan fingerprint density at radius 2 is 2.06 bits per heavy atom. The molecule has 0 aliphatic heterocycles. The molecular formula is C11H19N3O2. The van der Waals surface area contributed by atoms with Gasteiger partial charge in [0.2, 0.25) is 0 Å². The van der Waals surface area contributed by atoms with Gasteiger partial charge in [0, 0.05) is 13.1 Å². The van der Waals surface area contributed by atoms with Crippen LogP contribution in [0.1, 0.15) is 27.2 Å². The van der Waals surface area contributed by atoms with E-state index < -0.39 is 11.8 Å². The largest absolute Gasteiger partial charge is 0.335 e. The highest BCUT2D eigenvalue weighted by atomic mass is 16.2. The number of hydrogen-bond acceptors (Lipinski definition) is 3. The summed E-state index contributed by atoms with van der Waals surface area (Å²) in [6.45, 7) is 6.85. The standard InChI is InChI=1S/C11H19N3O2/c1-4-9(3)8-14(5-2)11(16)10(15)13-7-6-12/h9H,4-5,7-8H2,1-3H3,(H,13,15). The Morgan fingerprint density at radius 1 is 1.44 bits per heavy atom. The number of carbonyl (C=O) groups excluding carboxylic acids is 2. The number of amides is 2. The molecule has 0 bridgehead atoms. The minimum atomic E-state index is -0.702. The molecule has 0 aromatic carbocycles. The summed E-state index contributed by atoms with van der Waals surface area (Å²) in [6, 6.07) is 1.76. The van der Waals surface area contributed by atoms with Crippen molar-refractivity contribution < 1.29 is 9.59 Å². The Bertz CT molecular complexity index is 283. The van der Waals surface area contributed by atoms with Crippen molar-refractivity contribution in [2.45, 2.75) is 27.2 Å². The van der Waals surface area contributed by atoms with Crippen molar-refractivity contribution in [2.75, 3.05) is 19.6 Å². The molecule has 0 radical (unpaired) electrons. The van der Waals surface area contributed by atoms with Crippen LogP contribution in [-0.2, 0) is 9.59 Å². The van der Waals surface area contributed by atoms with Crippen molar-refractivity contribution in [2.24, 2.45) is 5.92 Å². The van der Waals surface area contributed by atoms with Gasteiger partial charge in [-0.2, -0.15) is 5.26 Å². The molecule has 0 fully saturated rings. The Labute approximate surface area is 96.4 Å². The maximum atomic E-state index is 11.6. The summed E-state index contributed by atoms with van der Waals surface area (Å²) in [7, 11) is 0. The average molecular weight is 225 g/mol. The van der Waals surface area contributed by atoms with Gasteiger partial charge in [0.25, 0.3) is 0 Å². The van der Waals surface area contributed by atoms with E-state index in [-0.39, 0.29) is 6.54 Å². The van der Waals surface area contributed by atoms with Crippen molar-refractivity contribution in [1.82, 2.24) is 10.2 Å². The molecule has 0 saturated carbocycles. The molecule has 1 unspecified atom stereocenters. The molecule has 1 atom stereocenters. The third-order valence-electron chi connectivity index (χ3n) is 2.42. The van der Waals surface area contributed by atoms with Crippen molar-refractivity contribution in [1.29, 1.82) is 5.26 Å². The number of rotatable bonds is 5. The lowest BCUT2D eigenvalue weighted by atomic mass is 10.1. The Kier molecular flexibility index (Phi) is 6.93. The molecule has 0 aromatic rings.